The van der Waals surface area contributed by atoms with Crippen LogP contribution in [0.15, 0.2) is 0 Å². The molecule has 0 aromatic heterocycles. The molecule has 1 rings (SSSR count). The minimum atomic E-state index is -0.0325. The van der Waals surface area contributed by atoms with Crippen molar-refractivity contribution in [2.75, 3.05) is 6.54 Å². The highest BCUT2D eigenvalue weighted by molar-refractivity contribution is 5.75. The van der Waals surface area contributed by atoms with Gasteiger partial charge < -0.3 is 10.6 Å². The van der Waals surface area contributed by atoms with Gasteiger partial charge in [-0.1, -0.05) is 20.8 Å². The molecule has 0 spiro atoms. The van der Waals surface area contributed by atoms with Gasteiger partial charge in [0.25, 0.3) is 0 Å². The molecule has 1 aliphatic carbocycles. The third-order valence-corrected chi connectivity index (χ3v) is 2.19. The molecule has 0 aromatic carbocycles. The van der Waals surface area contributed by atoms with Gasteiger partial charge in [-0.3, -0.25) is 0 Å². The van der Waals surface area contributed by atoms with Crippen LogP contribution in [0.2, 0.25) is 0 Å². The van der Waals surface area contributed by atoms with Gasteiger partial charge in [0.2, 0.25) is 0 Å². The van der Waals surface area contributed by atoms with Crippen LogP contribution < -0.4 is 10.6 Å². The average molecular weight is 184 g/mol. The molecule has 0 heterocycles. The summed E-state index contributed by atoms with van der Waals surface area (Å²) >= 11 is 0. The van der Waals surface area contributed by atoms with E-state index in [9.17, 15) is 4.79 Å². The van der Waals surface area contributed by atoms with Crippen LogP contribution in [0, 0.1) is 5.41 Å². The summed E-state index contributed by atoms with van der Waals surface area (Å²) in [6.07, 6.45) is 2.21. The quantitative estimate of drug-likeness (QED) is 0.676. The van der Waals surface area contributed by atoms with Gasteiger partial charge in [0.15, 0.2) is 0 Å². The Morgan fingerprint density at radius 1 is 1.38 bits per heavy atom. The molecule has 0 saturated heterocycles. The lowest BCUT2D eigenvalue weighted by molar-refractivity contribution is 0.231. The second-order valence-electron chi connectivity index (χ2n) is 5.43. The van der Waals surface area contributed by atoms with E-state index < -0.39 is 0 Å². The monoisotopic (exact) mass is 184 g/mol. The zero-order valence-electron chi connectivity index (χ0n) is 9.03. The van der Waals surface area contributed by atoms with Crippen LogP contribution in [0.1, 0.15) is 40.5 Å². The maximum atomic E-state index is 11.3. The Labute approximate surface area is 80.3 Å². The lowest BCUT2D eigenvalue weighted by Crippen LogP contribution is -2.44. The Bertz CT molecular complexity index is 201. The highest BCUT2D eigenvalue weighted by Gasteiger charge is 2.38. The average Bonchev–Trinajstić information content (AvgIpc) is 2.62. The van der Waals surface area contributed by atoms with Crippen molar-refractivity contribution in [2.24, 2.45) is 5.41 Å². The predicted octanol–water partition coefficient (Wildman–Crippen LogP) is 1.88. The predicted molar refractivity (Wildman–Crippen MR) is 53.6 cm³/mol. The van der Waals surface area contributed by atoms with Crippen molar-refractivity contribution in [1.82, 2.24) is 10.6 Å². The van der Waals surface area contributed by atoms with Gasteiger partial charge in [0.05, 0.1) is 0 Å². The molecule has 0 bridgehead atoms. The minimum absolute atomic E-state index is 0.0325. The van der Waals surface area contributed by atoms with Gasteiger partial charge >= 0.3 is 6.03 Å². The first-order chi connectivity index (χ1) is 5.81. The van der Waals surface area contributed by atoms with Crippen molar-refractivity contribution in [3.8, 4) is 0 Å². The normalized spacial score (nSPS) is 19.4. The molecule has 3 heteroatoms. The number of amides is 2. The van der Waals surface area contributed by atoms with Crippen LogP contribution in [0.25, 0.3) is 0 Å². The summed E-state index contributed by atoms with van der Waals surface area (Å²) in [7, 11) is 0. The highest BCUT2D eigenvalue weighted by Crippen LogP contribution is 2.33. The maximum absolute atomic E-state index is 11.3. The second-order valence-corrected chi connectivity index (χ2v) is 5.43. The molecule has 0 unspecified atom stereocenters. The molecule has 1 fully saturated rings. The third-order valence-electron chi connectivity index (χ3n) is 2.19. The summed E-state index contributed by atoms with van der Waals surface area (Å²) in [6, 6.07) is -0.0325. The molecule has 0 aliphatic heterocycles. The van der Waals surface area contributed by atoms with Gasteiger partial charge in [-0.15, -0.1) is 0 Å². The number of urea groups is 1. The molecule has 0 atom stereocenters. The third kappa shape index (κ3) is 4.15. The summed E-state index contributed by atoms with van der Waals surface area (Å²) in [5.41, 5.74) is 0.240. The summed E-state index contributed by atoms with van der Waals surface area (Å²) in [5, 5.41) is 5.82. The van der Waals surface area contributed by atoms with E-state index in [4.69, 9.17) is 0 Å². The number of carbonyl (C=O) groups excluding carboxylic acids is 1. The van der Waals surface area contributed by atoms with Crippen molar-refractivity contribution in [1.29, 1.82) is 0 Å². The van der Waals surface area contributed by atoms with E-state index in [0.29, 0.717) is 0 Å². The topological polar surface area (TPSA) is 41.1 Å². The fourth-order valence-corrected chi connectivity index (χ4v) is 0.976. The number of nitrogens with one attached hydrogen (secondary N) is 2. The second kappa shape index (κ2) is 3.20. The summed E-state index contributed by atoms with van der Waals surface area (Å²) in [5.74, 6) is 0. The largest absolute Gasteiger partial charge is 0.338 e. The first kappa shape index (κ1) is 10.4. The first-order valence-corrected chi connectivity index (χ1v) is 4.87. The number of hydrogen-bond acceptors (Lipinski definition) is 1. The van der Waals surface area contributed by atoms with E-state index >= 15 is 0 Å². The minimum Gasteiger partial charge on any atom is -0.338 e. The fraction of sp³-hybridized carbons (Fsp3) is 0.900. The van der Waals surface area contributed by atoms with E-state index in [2.05, 4.69) is 38.3 Å². The molecule has 2 amide bonds. The first-order valence-electron chi connectivity index (χ1n) is 4.87. The highest BCUT2D eigenvalue weighted by atomic mass is 16.2. The van der Waals surface area contributed by atoms with E-state index in [-0.39, 0.29) is 17.0 Å². The molecule has 13 heavy (non-hydrogen) atoms. The summed E-state index contributed by atoms with van der Waals surface area (Å²) in [6.45, 7) is 9.10. The maximum Gasteiger partial charge on any atom is 0.315 e. The van der Waals surface area contributed by atoms with E-state index in [1.807, 2.05) is 0 Å². The van der Waals surface area contributed by atoms with E-state index in [0.717, 1.165) is 19.4 Å². The SMILES string of the molecule is CC(C)(C)CNC(=O)NC1(C)CC1. The van der Waals surface area contributed by atoms with Crippen molar-refractivity contribution < 1.29 is 4.79 Å². The van der Waals surface area contributed by atoms with E-state index in [1.54, 1.807) is 0 Å². The van der Waals surface area contributed by atoms with Gasteiger partial charge in [-0.25, -0.2) is 4.79 Å². The van der Waals surface area contributed by atoms with Crippen molar-refractivity contribution in [2.45, 2.75) is 46.1 Å². The zero-order valence-corrected chi connectivity index (χ0v) is 9.03. The fourth-order valence-electron chi connectivity index (χ4n) is 0.976. The van der Waals surface area contributed by atoms with Crippen LogP contribution >= 0.6 is 0 Å². The zero-order chi connectivity index (χ0) is 10.1. The molecule has 76 valence electrons. The van der Waals surface area contributed by atoms with Crippen LogP contribution in [0.4, 0.5) is 4.79 Å². The molecule has 3 nitrogen and oxygen atoms in total. The Kier molecular flexibility index (Phi) is 2.55. The smallest absolute Gasteiger partial charge is 0.315 e. The van der Waals surface area contributed by atoms with Crippen LogP contribution in [-0.2, 0) is 0 Å². The summed E-state index contributed by atoms with van der Waals surface area (Å²) in [4.78, 5) is 11.3. The Morgan fingerprint density at radius 3 is 2.31 bits per heavy atom. The molecule has 1 saturated carbocycles. The van der Waals surface area contributed by atoms with Gasteiger partial charge in [-0.05, 0) is 25.2 Å². The summed E-state index contributed by atoms with van der Waals surface area (Å²) < 4.78 is 0. The lowest BCUT2D eigenvalue weighted by atomic mass is 9.97. The van der Waals surface area contributed by atoms with Crippen molar-refractivity contribution in [3.63, 3.8) is 0 Å². The number of hydrogen-bond donors (Lipinski definition) is 2. The molecule has 2 N–H and O–H groups in total. The number of rotatable bonds is 2. The van der Waals surface area contributed by atoms with Crippen molar-refractivity contribution >= 4 is 6.03 Å². The lowest BCUT2D eigenvalue weighted by Gasteiger charge is -2.20. The van der Waals surface area contributed by atoms with E-state index in [1.165, 1.54) is 0 Å². The van der Waals surface area contributed by atoms with Gasteiger partial charge in [0, 0.05) is 12.1 Å². The molecule has 1 aliphatic rings. The molecule has 0 aromatic rings. The Balaban J connectivity index is 2.18. The van der Waals surface area contributed by atoms with Gasteiger partial charge in [-0.2, -0.15) is 0 Å². The molecular formula is C10H20N2O. The molecular weight excluding hydrogens is 164 g/mol. The Hall–Kier alpha value is -0.730. The van der Waals surface area contributed by atoms with Crippen LogP contribution in [0.5, 0.6) is 0 Å². The van der Waals surface area contributed by atoms with Crippen molar-refractivity contribution in [3.05, 3.63) is 0 Å². The van der Waals surface area contributed by atoms with Crippen LogP contribution in [-0.4, -0.2) is 18.1 Å². The van der Waals surface area contributed by atoms with Gasteiger partial charge in [0.1, 0.15) is 0 Å². The standard InChI is InChI=1S/C10H20N2O/c1-9(2,3)7-11-8(13)12-10(4)5-6-10/h5-7H2,1-4H3,(H2,11,12,13). The Morgan fingerprint density at radius 2 is 1.92 bits per heavy atom. The van der Waals surface area contributed by atoms with Crippen LogP contribution in [0.3, 0.4) is 0 Å². The number of carbonyl (C=O) groups is 1. The molecule has 0 radical (unpaired) electrons.